The summed E-state index contributed by atoms with van der Waals surface area (Å²) in [7, 11) is 1.87. The van der Waals surface area contributed by atoms with Crippen LogP contribution < -0.4 is 5.32 Å². The molecule has 0 aliphatic heterocycles. The second-order valence-electron chi connectivity index (χ2n) is 4.87. The number of nitrogens with one attached hydrogen (secondary N) is 1. The molecule has 1 aromatic heterocycles. The average Bonchev–Trinajstić information content (AvgIpc) is 2.72. The molecule has 0 bridgehead atoms. The van der Waals surface area contributed by atoms with Crippen LogP contribution in [0.5, 0.6) is 0 Å². The maximum Gasteiger partial charge on any atom is 0.124 e. The predicted octanol–water partition coefficient (Wildman–Crippen LogP) is 4.27. The summed E-state index contributed by atoms with van der Waals surface area (Å²) in [4.78, 5) is 0. The molecular formula is C15H18BrClFN3. The number of benzene rings is 1. The lowest BCUT2D eigenvalue weighted by Gasteiger charge is -2.19. The molecule has 2 rings (SSSR count). The Bertz CT molecular complexity index is 642. The number of aryl methyl sites for hydroxylation is 2. The summed E-state index contributed by atoms with van der Waals surface area (Å²) in [5, 5.41) is 8.18. The Morgan fingerprint density at radius 1 is 1.48 bits per heavy atom. The lowest BCUT2D eigenvalue weighted by Crippen LogP contribution is -2.21. The molecule has 1 heterocycles. The molecule has 1 atom stereocenters. The number of halogens is 3. The largest absolute Gasteiger partial charge is 0.313 e. The van der Waals surface area contributed by atoms with E-state index in [0.717, 1.165) is 34.4 Å². The van der Waals surface area contributed by atoms with E-state index in [1.165, 1.54) is 12.1 Å². The van der Waals surface area contributed by atoms with Crippen LogP contribution in [0.4, 0.5) is 4.39 Å². The van der Waals surface area contributed by atoms with Crippen LogP contribution in [0.15, 0.2) is 22.7 Å². The summed E-state index contributed by atoms with van der Waals surface area (Å²) in [5.74, 6) is -0.325. The predicted molar refractivity (Wildman–Crippen MR) is 87.3 cm³/mol. The van der Waals surface area contributed by atoms with Gasteiger partial charge in [-0.2, -0.15) is 5.10 Å². The van der Waals surface area contributed by atoms with Gasteiger partial charge in [0.05, 0.1) is 15.9 Å². The van der Waals surface area contributed by atoms with Gasteiger partial charge in [-0.25, -0.2) is 4.39 Å². The molecule has 2 aromatic rings. The number of hydrogen-bond acceptors (Lipinski definition) is 2. The van der Waals surface area contributed by atoms with Gasteiger partial charge in [-0.15, -0.1) is 0 Å². The highest BCUT2D eigenvalue weighted by Gasteiger charge is 2.20. The summed E-state index contributed by atoms with van der Waals surface area (Å²) in [6.07, 6.45) is 0.719. The molecule has 3 nitrogen and oxygen atoms in total. The van der Waals surface area contributed by atoms with E-state index in [0.29, 0.717) is 5.02 Å². The zero-order chi connectivity index (χ0) is 15.6. The summed E-state index contributed by atoms with van der Waals surface area (Å²) in [5.41, 5.74) is 2.95. The number of nitrogens with zero attached hydrogens (tertiary/aromatic N) is 2. The Labute approximate surface area is 137 Å². The Balaban J connectivity index is 2.35. The monoisotopic (exact) mass is 373 g/mol. The number of hydrogen-bond donors (Lipinski definition) is 1. The SMILES string of the molecule is CCn1nc(C)c(Br)c1CC(NC)c1ccc(F)cc1Cl. The van der Waals surface area contributed by atoms with Gasteiger partial charge in [-0.05, 0) is 54.5 Å². The number of rotatable bonds is 5. The standard InChI is InChI=1S/C15H18BrClFN3/c1-4-21-14(15(16)9(2)20-21)8-13(19-3)11-6-5-10(18)7-12(11)17/h5-7,13,19H,4,8H2,1-3H3. The molecule has 0 saturated carbocycles. The minimum Gasteiger partial charge on any atom is -0.313 e. The van der Waals surface area contributed by atoms with Crippen molar-refractivity contribution in [3.05, 3.63) is 50.5 Å². The molecule has 0 aliphatic rings. The Kier molecular flexibility index (Phi) is 5.41. The molecule has 21 heavy (non-hydrogen) atoms. The second kappa shape index (κ2) is 6.90. The van der Waals surface area contributed by atoms with Crippen LogP contribution in [0, 0.1) is 12.7 Å². The maximum absolute atomic E-state index is 13.2. The Hall–Kier alpha value is -0.910. The van der Waals surface area contributed by atoms with Crippen LogP contribution in [0.3, 0.4) is 0 Å². The molecule has 0 radical (unpaired) electrons. The first-order valence-corrected chi connectivity index (χ1v) is 7.99. The van der Waals surface area contributed by atoms with Crippen LogP contribution in [-0.2, 0) is 13.0 Å². The topological polar surface area (TPSA) is 29.9 Å². The second-order valence-corrected chi connectivity index (χ2v) is 6.07. The van der Waals surface area contributed by atoms with Gasteiger partial charge in [0, 0.05) is 24.0 Å². The lowest BCUT2D eigenvalue weighted by molar-refractivity contribution is 0.538. The van der Waals surface area contributed by atoms with Crippen molar-refractivity contribution in [1.29, 1.82) is 0 Å². The van der Waals surface area contributed by atoms with E-state index in [2.05, 4.69) is 33.3 Å². The van der Waals surface area contributed by atoms with Crippen LogP contribution in [0.2, 0.25) is 5.02 Å². The van der Waals surface area contributed by atoms with Gasteiger partial charge in [0.15, 0.2) is 0 Å². The minimum atomic E-state index is -0.325. The fourth-order valence-corrected chi connectivity index (χ4v) is 3.15. The first kappa shape index (κ1) is 16.5. The highest BCUT2D eigenvalue weighted by molar-refractivity contribution is 9.10. The van der Waals surface area contributed by atoms with E-state index in [9.17, 15) is 4.39 Å². The fraction of sp³-hybridized carbons (Fsp3) is 0.400. The van der Waals surface area contributed by atoms with E-state index < -0.39 is 0 Å². The van der Waals surface area contributed by atoms with Gasteiger partial charge in [0.1, 0.15) is 5.82 Å². The smallest absolute Gasteiger partial charge is 0.124 e. The third-order valence-corrected chi connectivity index (χ3v) is 4.90. The van der Waals surface area contributed by atoms with Crippen LogP contribution in [0.25, 0.3) is 0 Å². The first-order chi connectivity index (χ1) is 9.97. The third-order valence-electron chi connectivity index (χ3n) is 3.54. The van der Waals surface area contributed by atoms with Crippen molar-refractivity contribution < 1.29 is 4.39 Å². The van der Waals surface area contributed by atoms with Gasteiger partial charge in [-0.3, -0.25) is 4.68 Å². The Morgan fingerprint density at radius 2 is 2.19 bits per heavy atom. The zero-order valence-corrected chi connectivity index (χ0v) is 14.6. The lowest BCUT2D eigenvalue weighted by atomic mass is 10.0. The van der Waals surface area contributed by atoms with Crippen molar-refractivity contribution in [2.45, 2.75) is 32.9 Å². The highest BCUT2D eigenvalue weighted by atomic mass is 79.9. The van der Waals surface area contributed by atoms with Crippen molar-refractivity contribution in [2.75, 3.05) is 7.05 Å². The molecule has 0 spiro atoms. The van der Waals surface area contributed by atoms with Crippen LogP contribution >= 0.6 is 27.5 Å². The quantitative estimate of drug-likeness (QED) is 0.847. The number of likely N-dealkylation sites (N-methyl/N-ethyl adjacent to an activating group) is 1. The third kappa shape index (κ3) is 3.47. The Morgan fingerprint density at radius 3 is 2.76 bits per heavy atom. The average molecular weight is 375 g/mol. The molecule has 6 heteroatoms. The van der Waals surface area contributed by atoms with Crippen LogP contribution in [0.1, 0.15) is 29.9 Å². The molecule has 0 amide bonds. The molecule has 1 aromatic carbocycles. The van der Waals surface area contributed by atoms with Gasteiger partial charge in [-0.1, -0.05) is 17.7 Å². The molecule has 114 valence electrons. The minimum absolute atomic E-state index is 0.00389. The molecule has 0 fully saturated rings. The van der Waals surface area contributed by atoms with Crippen molar-refractivity contribution in [2.24, 2.45) is 0 Å². The summed E-state index contributed by atoms with van der Waals surface area (Å²) in [6.45, 7) is 4.83. The van der Waals surface area contributed by atoms with E-state index in [4.69, 9.17) is 11.6 Å². The van der Waals surface area contributed by atoms with Crippen molar-refractivity contribution in [3.8, 4) is 0 Å². The highest BCUT2D eigenvalue weighted by Crippen LogP contribution is 2.30. The normalized spacial score (nSPS) is 12.7. The van der Waals surface area contributed by atoms with Crippen LogP contribution in [-0.4, -0.2) is 16.8 Å². The molecule has 1 unspecified atom stereocenters. The van der Waals surface area contributed by atoms with E-state index in [1.807, 2.05) is 18.7 Å². The fourth-order valence-electron chi connectivity index (χ4n) is 2.41. The molecule has 1 N–H and O–H groups in total. The summed E-state index contributed by atoms with van der Waals surface area (Å²) >= 11 is 9.77. The molecule has 0 saturated heterocycles. The van der Waals surface area contributed by atoms with Crippen molar-refractivity contribution >= 4 is 27.5 Å². The summed E-state index contributed by atoms with van der Waals surface area (Å²) in [6, 6.07) is 4.50. The summed E-state index contributed by atoms with van der Waals surface area (Å²) < 4.78 is 16.2. The van der Waals surface area contributed by atoms with E-state index in [1.54, 1.807) is 6.07 Å². The van der Waals surface area contributed by atoms with E-state index >= 15 is 0 Å². The van der Waals surface area contributed by atoms with Crippen molar-refractivity contribution in [3.63, 3.8) is 0 Å². The van der Waals surface area contributed by atoms with Gasteiger partial charge in [0.25, 0.3) is 0 Å². The van der Waals surface area contributed by atoms with Crippen molar-refractivity contribution in [1.82, 2.24) is 15.1 Å². The van der Waals surface area contributed by atoms with Gasteiger partial charge in [0.2, 0.25) is 0 Å². The van der Waals surface area contributed by atoms with Gasteiger partial charge >= 0.3 is 0 Å². The number of aromatic nitrogens is 2. The van der Waals surface area contributed by atoms with E-state index in [-0.39, 0.29) is 11.9 Å². The first-order valence-electron chi connectivity index (χ1n) is 6.81. The van der Waals surface area contributed by atoms with Gasteiger partial charge < -0.3 is 5.32 Å². The maximum atomic E-state index is 13.2. The zero-order valence-electron chi connectivity index (χ0n) is 12.3. The molecular weight excluding hydrogens is 357 g/mol. The molecule has 0 aliphatic carbocycles.